The fraction of sp³-hybridized carbons (Fsp3) is 0.875. The van der Waals surface area contributed by atoms with Gasteiger partial charge in [0, 0.05) is 19.1 Å². The summed E-state index contributed by atoms with van der Waals surface area (Å²) in [7, 11) is 0. The molecule has 5 heteroatoms. The molecule has 0 aliphatic heterocycles. The number of amidine groups is 1. The average Bonchev–Trinajstić information content (AvgIpc) is 2.12. The third-order valence-electron chi connectivity index (χ3n) is 1.72. The van der Waals surface area contributed by atoms with Crippen LogP contribution in [-0.2, 0) is 0 Å². The molecule has 0 saturated carbocycles. The van der Waals surface area contributed by atoms with E-state index >= 15 is 0 Å². The highest BCUT2D eigenvalue weighted by Crippen LogP contribution is 1.92. The predicted octanol–water partition coefficient (Wildman–Crippen LogP) is -0.127. The highest BCUT2D eigenvalue weighted by Gasteiger charge is 2.03. The Labute approximate surface area is 78.6 Å². The molecular formula is C8H19N3O2. The first kappa shape index (κ1) is 12.2. The van der Waals surface area contributed by atoms with Crippen LogP contribution in [-0.4, -0.2) is 35.3 Å². The molecule has 78 valence electrons. The summed E-state index contributed by atoms with van der Waals surface area (Å²) in [5, 5.41) is 22.9. The second-order valence-corrected chi connectivity index (χ2v) is 3.08. The number of nitrogens with two attached hydrogens (primary N) is 1. The van der Waals surface area contributed by atoms with E-state index < -0.39 is 0 Å². The Bertz CT molecular complexity index is 150. The van der Waals surface area contributed by atoms with Gasteiger partial charge in [0.15, 0.2) is 0 Å². The molecule has 1 unspecified atom stereocenters. The number of hydrogen-bond donors (Lipinski definition) is 4. The molecule has 0 amide bonds. The van der Waals surface area contributed by atoms with Crippen LogP contribution in [0.25, 0.3) is 0 Å². The summed E-state index contributed by atoms with van der Waals surface area (Å²) < 4.78 is 0. The number of oxime groups is 1. The van der Waals surface area contributed by atoms with Gasteiger partial charge in [-0.3, -0.25) is 0 Å². The van der Waals surface area contributed by atoms with Crippen molar-refractivity contribution < 1.29 is 10.3 Å². The van der Waals surface area contributed by atoms with E-state index in [0.29, 0.717) is 6.42 Å². The van der Waals surface area contributed by atoms with Crippen molar-refractivity contribution in [3.8, 4) is 0 Å². The van der Waals surface area contributed by atoms with Gasteiger partial charge >= 0.3 is 0 Å². The van der Waals surface area contributed by atoms with Gasteiger partial charge in [-0.1, -0.05) is 5.16 Å². The Balaban J connectivity index is 3.35. The van der Waals surface area contributed by atoms with Crippen molar-refractivity contribution in [2.24, 2.45) is 10.9 Å². The fourth-order valence-corrected chi connectivity index (χ4v) is 1.01. The van der Waals surface area contributed by atoms with Gasteiger partial charge in [-0.05, 0) is 26.3 Å². The molecule has 0 aliphatic rings. The van der Waals surface area contributed by atoms with E-state index in [-0.39, 0.29) is 18.5 Å². The van der Waals surface area contributed by atoms with Crippen LogP contribution in [0, 0.1) is 0 Å². The second kappa shape index (κ2) is 7.82. The molecule has 0 fully saturated rings. The highest BCUT2D eigenvalue weighted by molar-refractivity contribution is 5.80. The van der Waals surface area contributed by atoms with Gasteiger partial charge in [0.2, 0.25) is 0 Å². The van der Waals surface area contributed by atoms with Crippen molar-refractivity contribution in [2.45, 2.75) is 32.2 Å². The maximum Gasteiger partial charge on any atom is 0.140 e. The van der Waals surface area contributed by atoms with Gasteiger partial charge in [0.25, 0.3) is 0 Å². The zero-order valence-corrected chi connectivity index (χ0v) is 8.03. The molecule has 5 N–H and O–H groups in total. The van der Waals surface area contributed by atoms with E-state index in [0.717, 1.165) is 19.4 Å². The van der Waals surface area contributed by atoms with Crippen LogP contribution in [0.1, 0.15) is 26.2 Å². The Morgan fingerprint density at radius 3 is 2.77 bits per heavy atom. The summed E-state index contributed by atoms with van der Waals surface area (Å²) in [6, 6.07) is 0.203. The first-order valence-corrected chi connectivity index (χ1v) is 4.51. The monoisotopic (exact) mass is 189 g/mol. The van der Waals surface area contributed by atoms with Crippen molar-refractivity contribution in [1.82, 2.24) is 5.32 Å². The molecule has 0 aromatic carbocycles. The molecule has 0 spiro atoms. The third-order valence-corrected chi connectivity index (χ3v) is 1.72. The van der Waals surface area contributed by atoms with Gasteiger partial charge in [-0.25, -0.2) is 0 Å². The zero-order valence-electron chi connectivity index (χ0n) is 8.03. The molecule has 13 heavy (non-hydrogen) atoms. The average molecular weight is 189 g/mol. The van der Waals surface area contributed by atoms with Crippen LogP contribution < -0.4 is 11.1 Å². The number of aliphatic hydroxyl groups is 1. The minimum absolute atomic E-state index is 0.203. The largest absolute Gasteiger partial charge is 0.409 e. The molecule has 0 aromatic heterocycles. The van der Waals surface area contributed by atoms with E-state index in [4.69, 9.17) is 16.0 Å². The van der Waals surface area contributed by atoms with Crippen LogP contribution in [0.2, 0.25) is 0 Å². The van der Waals surface area contributed by atoms with Crippen LogP contribution in [0.4, 0.5) is 0 Å². The van der Waals surface area contributed by atoms with Crippen LogP contribution >= 0.6 is 0 Å². The number of nitrogens with one attached hydrogen (secondary N) is 1. The normalized spacial score (nSPS) is 14.5. The number of nitrogens with zero attached hydrogens (tertiary/aromatic N) is 1. The minimum atomic E-state index is 0.203. The first-order valence-electron chi connectivity index (χ1n) is 4.51. The van der Waals surface area contributed by atoms with Gasteiger partial charge < -0.3 is 21.4 Å². The van der Waals surface area contributed by atoms with Gasteiger partial charge in [-0.15, -0.1) is 0 Å². The molecule has 0 aromatic rings. The van der Waals surface area contributed by atoms with E-state index in [1.807, 2.05) is 6.92 Å². The molecule has 0 bridgehead atoms. The lowest BCUT2D eigenvalue weighted by Gasteiger charge is -2.11. The summed E-state index contributed by atoms with van der Waals surface area (Å²) in [4.78, 5) is 0. The third kappa shape index (κ3) is 7.55. The van der Waals surface area contributed by atoms with E-state index in [1.54, 1.807) is 0 Å². The highest BCUT2D eigenvalue weighted by atomic mass is 16.4. The number of unbranched alkanes of at least 4 members (excludes halogenated alkanes) is 1. The predicted molar refractivity (Wildman–Crippen MR) is 51.8 cm³/mol. The molecule has 0 heterocycles. The van der Waals surface area contributed by atoms with Crippen LogP contribution in [0.15, 0.2) is 5.16 Å². The van der Waals surface area contributed by atoms with Crippen molar-refractivity contribution in [1.29, 1.82) is 0 Å². The van der Waals surface area contributed by atoms with E-state index in [9.17, 15) is 0 Å². The van der Waals surface area contributed by atoms with Crippen molar-refractivity contribution in [3.05, 3.63) is 0 Å². The van der Waals surface area contributed by atoms with Crippen molar-refractivity contribution >= 4 is 5.84 Å². The molecule has 0 rings (SSSR count). The lowest BCUT2D eigenvalue weighted by Crippen LogP contribution is -2.31. The molecular weight excluding hydrogens is 170 g/mol. The fourth-order valence-electron chi connectivity index (χ4n) is 1.01. The quantitative estimate of drug-likeness (QED) is 0.148. The molecule has 1 atom stereocenters. The Morgan fingerprint density at radius 2 is 2.23 bits per heavy atom. The van der Waals surface area contributed by atoms with Crippen molar-refractivity contribution in [2.75, 3.05) is 13.2 Å². The molecule has 0 aliphatic carbocycles. The Hall–Kier alpha value is -0.810. The number of rotatable bonds is 7. The summed E-state index contributed by atoms with van der Waals surface area (Å²) in [6.45, 7) is 3.05. The van der Waals surface area contributed by atoms with Gasteiger partial charge in [0.05, 0.1) is 0 Å². The summed E-state index contributed by atoms with van der Waals surface area (Å²) >= 11 is 0. The number of hydrogen-bond acceptors (Lipinski definition) is 4. The van der Waals surface area contributed by atoms with E-state index in [1.165, 1.54) is 0 Å². The van der Waals surface area contributed by atoms with Gasteiger partial charge in [0.1, 0.15) is 5.84 Å². The lowest BCUT2D eigenvalue weighted by atomic mass is 10.2. The van der Waals surface area contributed by atoms with E-state index in [2.05, 4.69) is 10.5 Å². The second-order valence-electron chi connectivity index (χ2n) is 3.08. The molecule has 0 radical (unpaired) electrons. The summed E-state index contributed by atoms with van der Waals surface area (Å²) in [5.41, 5.74) is 5.32. The lowest BCUT2D eigenvalue weighted by molar-refractivity contribution is 0.283. The Kier molecular flexibility index (Phi) is 7.33. The SMILES string of the molecule is CC(CC(N)=NO)NCCCCO. The van der Waals surface area contributed by atoms with Gasteiger partial charge in [-0.2, -0.15) is 0 Å². The van der Waals surface area contributed by atoms with Crippen LogP contribution in [0.5, 0.6) is 0 Å². The standard InChI is InChI=1S/C8H19N3O2/c1-7(6-8(9)11-13)10-4-2-3-5-12/h7,10,12-13H,2-6H2,1H3,(H2,9,11). The number of aliphatic hydroxyl groups excluding tert-OH is 1. The molecule has 0 saturated heterocycles. The summed E-state index contributed by atoms with van der Waals surface area (Å²) in [5.74, 6) is 0.238. The summed E-state index contributed by atoms with van der Waals surface area (Å²) in [6.07, 6.45) is 2.29. The topological polar surface area (TPSA) is 90.9 Å². The maximum atomic E-state index is 8.52. The van der Waals surface area contributed by atoms with Crippen LogP contribution in [0.3, 0.4) is 0 Å². The minimum Gasteiger partial charge on any atom is -0.409 e. The molecule has 5 nitrogen and oxygen atoms in total. The Morgan fingerprint density at radius 1 is 1.54 bits per heavy atom. The maximum absolute atomic E-state index is 8.52. The zero-order chi connectivity index (χ0) is 10.1. The smallest absolute Gasteiger partial charge is 0.140 e. The van der Waals surface area contributed by atoms with Crippen molar-refractivity contribution in [3.63, 3.8) is 0 Å². The first-order chi connectivity index (χ1) is 6.20.